The van der Waals surface area contributed by atoms with Crippen LogP contribution >= 0.6 is 15.9 Å². The number of fused-ring (bicyclic) bond motifs is 2. The molecule has 2 aromatic carbocycles. The van der Waals surface area contributed by atoms with Crippen LogP contribution in [0.4, 0.5) is 0 Å². The molecule has 0 fully saturated rings. The van der Waals surface area contributed by atoms with Gasteiger partial charge in [-0.15, -0.1) is 0 Å². The highest BCUT2D eigenvalue weighted by atomic mass is 79.9. The van der Waals surface area contributed by atoms with Gasteiger partial charge >= 0.3 is 0 Å². The molecular formula is C26H24BrN5O3. The van der Waals surface area contributed by atoms with Gasteiger partial charge in [0, 0.05) is 41.6 Å². The maximum atomic E-state index is 13.5. The van der Waals surface area contributed by atoms with E-state index in [0.29, 0.717) is 24.0 Å². The van der Waals surface area contributed by atoms with Gasteiger partial charge < -0.3 is 20.4 Å². The molecule has 0 radical (unpaired) electrons. The second-order valence-corrected chi connectivity index (χ2v) is 9.45. The van der Waals surface area contributed by atoms with Gasteiger partial charge in [0.15, 0.2) is 0 Å². The third kappa shape index (κ3) is 4.12. The molecule has 8 nitrogen and oxygen atoms in total. The first-order chi connectivity index (χ1) is 16.8. The van der Waals surface area contributed by atoms with Gasteiger partial charge in [-0.25, -0.2) is 0 Å². The molecule has 1 unspecified atom stereocenters. The van der Waals surface area contributed by atoms with Crippen molar-refractivity contribution in [2.75, 3.05) is 6.54 Å². The molecule has 35 heavy (non-hydrogen) atoms. The number of para-hydroxylation sites is 1. The highest BCUT2D eigenvalue weighted by molar-refractivity contribution is 9.10. The Labute approximate surface area is 209 Å². The van der Waals surface area contributed by atoms with Crippen molar-refractivity contribution in [3.63, 3.8) is 0 Å². The van der Waals surface area contributed by atoms with Crippen molar-refractivity contribution in [1.29, 1.82) is 0 Å². The Kier molecular flexibility index (Phi) is 5.94. The van der Waals surface area contributed by atoms with Crippen molar-refractivity contribution in [3.05, 3.63) is 91.9 Å². The molecule has 1 atom stereocenters. The third-order valence-corrected chi connectivity index (χ3v) is 6.77. The number of rotatable bonds is 6. The molecule has 0 bridgehead atoms. The Bertz CT molecular complexity index is 1630. The molecule has 5 aromatic rings. The first-order valence-corrected chi connectivity index (χ1v) is 12.0. The van der Waals surface area contributed by atoms with Crippen molar-refractivity contribution in [1.82, 2.24) is 25.1 Å². The van der Waals surface area contributed by atoms with E-state index in [2.05, 4.69) is 36.3 Å². The van der Waals surface area contributed by atoms with Crippen LogP contribution in [0.2, 0.25) is 0 Å². The molecule has 3 aromatic heterocycles. The summed E-state index contributed by atoms with van der Waals surface area (Å²) in [4.78, 5) is 31.4. The number of aryl methyl sites for hydroxylation is 1. The van der Waals surface area contributed by atoms with Crippen LogP contribution in [-0.2, 0) is 18.3 Å². The predicted octanol–water partition coefficient (Wildman–Crippen LogP) is 4.07. The second-order valence-electron chi connectivity index (χ2n) is 8.53. The Morgan fingerprint density at radius 1 is 1.17 bits per heavy atom. The van der Waals surface area contributed by atoms with Crippen LogP contribution in [0.1, 0.15) is 35.2 Å². The van der Waals surface area contributed by atoms with E-state index in [4.69, 9.17) is 0 Å². The van der Waals surface area contributed by atoms with E-state index >= 15 is 0 Å². The maximum Gasteiger partial charge on any atom is 0.257 e. The van der Waals surface area contributed by atoms with E-state index in [-0.39, 0.29) is 17.2 Å². The SMILES string of the molecule is CC(=O)NCCc1c(C(c2cccc(Br)c2)c2c(O)c3cnn(C)c3[nH]c2=O)[nH]c2ccccc12. The van der Waals surface area contributed by atoms with Crippen LogP contribution in [-0.4, -0.2) is 37.3 Å². The standard InChI is InChI=1S/C26H24BrN5O3/c1-14(33)28-11-10-18-17-8-3-4-9-20(17)30-23(18)21(15-6-5-7-16(27)12-15)22-24(34)19-13-29-32(2)25(19)31-26(22)35/h3-9,12-13,21,30H,10-11H2,1-2H3,(H,28,33)(H2,31,34,35). The molecule has 178 valence electrons. The summed E-state index contributed by atoms with van der Waals surface area (Å²) in [5.41, 5.74) is 3.80. The summed E-state index contributed by atoms with van der Waals surface area (Å²) in [6, 6.07) is 15.6. The van der Waals surface area contributed by atoms with E-state index < -0.39 is 11.5 Å². The molecule has 0 aliphatic carbocycles. The molecule has 3 heterocycles. The van der Waals surface area contributed by atoms with Gasteiger partial charge in [-0.3, -0.25) is 14.3 Å². The van der Waals surface area contributed by atoms with Crippen LogP contribution in [0.25, 0.3) is 21.9 Å². The number of H-pyrrole nitrogens is 2. The zero-order valence-corrected chi connectivity index (χ0v) is 20.8. The molecule has 0 saturated carbocycles. The zero-order valence-electron chi connectivity index (χ0n) is 19.2. The normalized spacial score (nSPS) is 12.3. The summed E-state index contributed by atoms with van der Waals surface area (Å²) in [7, 11) is 1.71. The minimum atomic E-state index is -0.597. The van der Waals surface area contributed by atoms with Gasteiger partial charge in [0.25, 0.3) is 5.56 Å². The third-order valence-electron chi connectivity index (χ3n) is 6.28. The van der Waals surface area contributed by atoms with E-state index in [1.165, 1.54) is 11.6 Å². The molecule has 0 spiro atoms. The van der Waals surface area contributed by atoms with Gasteiger partial charge in [-0.05, 0) is 35.7 Å². The Balaban J connectivity index is 1.80. The summed E-state index contributed by atoms with van der Waals surface area (Å²) in [5.74, 6) is -0.806. The summed E-state index contributed by atoms with van der Waals surface area (Å²) in [5, 5.41) is 19.9. The lowest BCUT2D eigenvalue weighted by molar-refractivity contribution is -0.118. The van der Waals surface area contributed by atoms with Crippen LogP contribution in [0, 0.1) is 0 Å². The minimum Gasteiger partial charge on any atom is -0.507 e. The number of benzene rings is 2. The van der Waals surface area contributed by atoms with Gasteiger partial charge in [0.2, 0.25) is 5.91 Å². The number of halogens is 1. The lowest BCUT2D eigenvalue weighted by atomic mass is 9.85. The summed E-state index contributed by atoms with van der Waals surface area (Å²) in [6.45, 7) is 1.93. The molecule has 0 aliphatic rings. The quantitative estimate of drug-likeness (QED) is 0.263. The van der Waals surface area contributed by atoms with Crippen molar-refractivity contribution < 1.29 is 9.90 Å². The number of hydrogen-bond donors (Lipinski definition) is 4. The Hall–Kier alpha value is -3.85. The summed E-state index contributed by atoms with van der Waals surface area (Å²) in [6.07, 6.45) is 2.10. The number of carbonyl (C=O) groups excluding carboxylic acids is 1. The van der Waals surface area contributed by atoms with E-state index in [9.17, 15) is 14.7 Å². The minimum absolute atomic E-state index is 0.103. The first kappa shape index (κ1) is 22.9. The van der Waals surface area contributed by atoms with Gasteiger partial charge in [0.1, 0.15) is 11.4 Å². The van der Waals surface area contributed by atoms with Gasteiger partial charge in [-0.2, -0.15) is 5.10 Å². The average Bonchev–Trinajstić information content (AvgIpc) is 3.37. The van der Waals surface area contributed by atoms with Gasteiger partial charge in [0.05, 0.1) is 23.1 Å². The molecule has 5 rings (SSSR count). The number of aromatic hydroxyl groups is 1. The molecule has 4 N–H and O–H groups in total. The lowest BCUT2D eigenvalue weighted by Gasteiger charge is -2.20. The van der Waals surface area contributed by atoms with Gasteiger partial charge in [-0.1, -0.05) is 46.3 Å². The fourth-order valence-electron chi connectivity index (χ4n) is 4.72. The molecule has 0 aliphatic heterocycles. The van der Waals surface area contributed by atoms with Crippen LogP contribution < -0.4 is 10.9 Å². The van der Waals surface area contributed by atoms with E-state index in [0.717, 1.165) is 32.2 Å². The molecule has 9 heteroatoms. The van der Waals surface area contributed by atoms with Crippen molar-refractivity contribution >= 4 is 43.8 Å². The number of nitrogens with one attached hydrogen (secondary N) is 3. The Morgan fingerprint density at radius 3 is 2.74 bits per heavy atom. The van der Waals surface area contributed by atoms with Crippen molar-refractivity contribution in [2.45, 2.75) is 19.3 Å². The fraction of sp³-hybridized carbons (Fsp3) is 0.192. The number of hydrogen-bond acceptors (Lipinski definition) is 4. The largest absolute Gasteiger partial charge is 0.507 e. The topological polar surface area (TPSA) is 116 Å². The number of nitrogens with zero attached hydrogens (tertiary/aromatic N) is 2. The summed E-state index contributed by atoms with van der Waals surface area (Å²) >= 11 is 3.55. The number of pyridine rings is 1. The molecule has 0 saturated heterocycles. The maximum absolute atomic E-state index is 13.5. The smallest absolute Gasteiger partial charge is 0.257 e. The highest BCUT2D eigenvalue weighted by Gasteiger charge is 2.30. The van der Waals surface area contributed by atoms with Crippen LogP contribution in [0.5, 0.6) is 5.75 Å². The molecular weight excluding hydrogens is 510 g/mol. The van der Waals surface area contributed by atoms with Crippen molar-refractivity contribution in [2.24, 2.45) is 7.05 Å². The number of carbonyl (C=O) groups is 1. The average molecular weight is 534 g/mol. The predicted molar refractivity (Wildman–Crippen MR) is 139 cm³/mol. The lowest BCUT2D eigenvalue weighted by Crippen LogP contribution is -2.24. The Morgan fingerprint density at radius 2 is 1.97 bits per heavy atom. The second kappa shape index (κ2) is 9.07. The summed E-state index contributed by atoms with van der Waals surface area (Å²) < 4.78 is 2.38. The number of aromatic amines is 2. The fourth-order valence-corrected chi connectivity index (χ4v) is 5.14. The monoisotopic (exact) mass is 533 g/mol. The van der Waals surface area contributed by atoms with E-state index in [1.807, 2.05) is 48.5 Å². The first-order valence-electron chi connectivity index (χ1n) is 11.2. The van der Waals surface area contributed by atoms with Crippen LogP contribution in [0.15, 0.2) is 64.0 Å². The van der Waals surface area contributed by atoms with Crippen LogP contribution in [0.3, 0.4) is 0 Å². The zero-order chi connectivity index (χ0) is 24.7. The highest BCUT2D eigenvalue weighted by Crippen LogP contribution is 2.41. The molecule has 1 amide bonds. The number of aromatic nitrogens is 4. The number of amides is 1. The van der Waals surface area contributed by atoms with E-state index in [1.54, 1.807) is 13.2 Å². The van der Waals surface area contributed by atoms with Crippen molar-refractivity contribution in [3.8, 4) is 5.75 Å².